The fourth-order valence-corrected chi connectivity index (χ4v) is 2.56. The summed E-state index contributed by atoms with van der Waals surface area (Å²) in [5.74, 6) is 0.216. The topological polar surface area (TPSA) is 57.7 Å². The molecule has 8 heteroatoms. The van der Waals surface area contributed by atoms with E-state index in [4.69, 9.17) is 0 Å². The minimum absolute atomic E-state index is 0.0413. The number of alkyl halides is 3. The molecule has 1 aromatic heterocycles. The van der Waals surface area contributed by atoms with Gasteiger partial charge in [-0.05, 0) is 17.7 Å². The Morgan fingerprint density at radius 2 is 1.69 bits per heavy atom. The monoisotopic (exact) mass is 357 g/mol. The van der Waals surface area contributed by atoms with E-state index in [-0.39, 0.29) is 17.2 Å². The number of hydrogen-bond acceptors (Lipinski definition) is 4. The van der Waals surface area contributed by atoms with Crippen molar-refractivity contribution in [1.29, 1.82) is 5.26 Å². The van der Waals surface area contributed by atoms with Crippen LogP contribution >= 0.6 is 0 Å². The number of para-hydroxylation sites is 1. The van der Waals surface area contributed by atoms with E-state index in [1.54, 1.807) is 11.9 Å². The molecule has 26 heavy (non-hydrogen) atoms. The third kappa shape index (κ3) is 3.52. The van der Waals surface area contributed by atoms with Crippen LogP contribution in [-0.2, 0) is 12.7 Å². The lowest BCUT2D eigenvalue weighted by Gasteiger charge is -2.16. The van der Waals surface area contributed by atoms with Gasteiger partial charge in [-0.15, -0.1) is 15.0 Å². The summed E-state index contributed by atoms with van der Waals surface area (Å²) >= 11 is 0. The van der Waals surface area contributed by atoms with E-state index in [0.29, 0.717) is 6.54 Å². The molecule has 0 aliphatic carbocycles. The minimum atomic E-state index is -4.55. The Balaban J connectivity index is 1.99. The first-order valence-corrected chi connectivity index (χ1v) is 7.69. The van der Waals surface area contributed by atoms with E-state index in [1.807, 2.05) is 36.4 Å². The van der Waals surface area contributed by atoms with Crippen molar-refractivity contribution in [3.05, 3.63) is 71.4 Å². The Morgan fingerprint density at radius 3 is 2.35 bits per heavy atom. The van der Waals surface area contributed by atoms with Crippen molar-refractivity contribution in [2.24, 2.45) is 0 Å². The third-order valence-electron chi connectivity index (χ3n) is 3.75. The van der Waals surface area contributed by atoms with Crippen LogP contribution in [0.3, 0.4) is 0 Å². The van der Waals surface area contributed by atoms with Crippen molar-refractivity contribution in [3.63, 3.8) is 0 Å². The molecule has 3 aromatic rings. The zero-order chi connectivity index (χ0) is 18.7. The van der Waals surface area contributed by atoms with Gasteiger partial charge in [-0.3, -0.25) is 0 Å². The summed E-state index contributed by atoms with van der Waals surface area (Å²) in [5.41, 5.74) is -0.155. The maximum atomic E-state index is 13.2. The fourth-order valence-electron chi connectivity index (χ4n) is 2.56. The number of benzene rings is 2. The van der Waals surface area contributed by atoms with Crippen LogP contribution < -0.4 is 4.90 Å². The lowest BCUT2D eigenvalue weighted by Crippen LogP contribution is -2.18. The number of anilines is 1. The van der Waals surface area contributed by atoms with E-state index >= 15 is 0 Å². The van der Waals surface area contributed by atoms with E-state index in [2.05, 4.69) is 10.2 Å². The van der Waals surface area contributed by atoms with Crippen LogP contribution in [0, 0.1) is 11.3 Å². The summed E-state index contributed by atoms with van der Waals surface area (Å²) in [6.07, 6.45) is -4.55. The molecule has 0 saturated heterocycles. The van der Waals surface area contributed by atoms with Gasteiger partial charge in [0.05, 0.1) is 11.3 Å². The first-order chi connectivity index (χ1) is 12.4. The molecule has 0 spiro atoms. The van der Waals surface area contributed by atoms with E-state index < -0.39 is 11.7 Å². The quantitative estimate of drug-likeness (QED) is 0.713. The molecule has 0 atom stereocenters. The van der Waals surface area contributed by atoms with E-state index in [1.165, 1.54) is 18.2 Å². The molecule has 2 aromatic carbocycles. The molecule has 0 amide bonds. The third-order valence-corrected chi connectivity index (χ3v) is 3.75. The van der Waals surface area contributed by atoms with Crippen molar-refractivity contribution in [3.8, 4) is 11.8 Å². The van der Waals surface area contributed by atoms with Gasteiger partial charge in [0.2, 0.25) is 5.69 Å². The molecule has 0 aliphatic rings. The Kier molecular flexibility index (Phi) is 4.63. The van der Waals surface area contributed by atoms with Crippen molar-refractivity contribution in [2.45, 2.75) is 12.7 Å². The highest BCUT2D eigenvalue weighted by Crippen LogP contribution is 2.33. The van der Waals surface area contributed by atoms with Gasteiger partial charge in [-0.1, -0.05) is 42.5 Å². The highest BCUT2D eigenvalue weighted by Gasteiger charge is 2.34. The zero-order valence-corrected chi connectivity index (χ0v) is 13.8. The van der Waals surface area contributed by atoms with Crippen LogP contribution in [-0.4, -0.2) is 22.0 Å². The van der Waals surface area contributed by atoms with Crippen molar-refractivity contribution in [2.75, 3.05) is 11.9 Å². The van der Waals surface area contributed by atoms with Gasteiger partial charge in [0.15, 0.2) is 5.82 Å². The second kappa shape index (κ2) is 6.88. The first kappa shape index (κ1) is 17.5. The summed E-state index contributed by atoms with van der Waals surface area (Å²) in [4.78, 5) is 2.53. The Morgan fingerprint density at radius 1 is 1.04 bits per heavy atom. The first-order valence-electron chi connectivity index (χ1n) is 7.69. The number of hydrogen-bond donors (Lipinski definition) is 0. The Labute approximate surface area is 147 Å². The zero-order valence-electron chi connectivity index (χ0n) is 13.8. The predicted molar refractivity (Wildman–Crippen MR) is 89.6 cm³/mol. The molecule has 0 saturated carbocycles. The van der Waals surface area contributed by atoms with Gasteiger partial charge in [0.25, 0.3) is 0 Å². The molecule has 1 heterocycles. The summed E-state index contributed by atoms with van der Waals surface area (Å²) in [7, 11) is 1.71. The highest BCUT2D eigenvalue weighted by atomic mass is 19.4. The van der Waals surface area contributed by atoms with Crippen LogP contribution in [0.25, 0.3) is 5.69 Å². The van der Waals surface area contributed by atoms with Crippen molar-refractivity contribution < 1.29 is 13.2 Å². The largest absolute Gasteiger partial charge is 0.418 e. The average molecular weight is 357 g/mol. The summed E-state index contributed by atoms with van der Waals surface area (Å²) < 4.78 is 39.7. The van der Waals surface area contributed by atoms with E-state index in [0.717, 1.165) is 16.4 Å². The summed E-state index contributed by atoms with van der Waals surface area (Å²) in [6, 6.07) is 16.3. The maximum absolute atomic E-state index is 13.2. The molecule has 0 unspecified atom stereocenters. The van der Waals surface area contributed by atoms with Gasteiger partial charge >= 0.3 is 6.18 Å². The van der Waals surface area contributed by atoms with Gasteiger partial charge in [-0.2, -0.15) is 18.4 Å². The highest BCUT2D eigenvalue weighted by molar-refractivity contribution is 5.51. The van der Waals surface area contributed by atoms with Crippen LogP contribution in [0.15, 0.2) is 54.6 Å². The predicted octanol–water partition coefficient (Wildman–Crippen LogP) is 3.79. The van der Waals surface area contributed by atoms with Gasteiger partial charge in [-0.25, -0.2) is 0 Å². The normalized spacial score (nSPS) is 11.2. The number of nitrogens with zero attached hydrogens (tertiary/aromatic N) is 5. The number of aromatic nitrogens is 3. The number of halogens is 3. The number of rotatable bonds is 4. The van der Waals surface area contributed by atoms with Crippen molar-refractivity contribution >= 4 is 5.82 Å². The second-order valence-corrected chi connectivity index (χ2v) is 5.63. The molecular formula is C18H14F3N5. The van der Waals surface area contributed by atoms with Crippen molar-refractivity contribution in [1.82, 2.24) is 15.0 Å². The standard InChI is InChI=1S/C18H14F3N5/c1-25(12-13-7-3-2-4-8-13)17-15(11-22)23-26(24-17)16-10-6-5-9-14(16)18(19,20)21/h2-10H,12H2,1H3. The van der Waals surface area contributed by atoms with Crippen LogP contribution in [0.5, 0.6) is 0 Å². The molecular weight excluding hydrogens is 343 g/mol. The molecule has 0 fully saturated rings. The Hall–Kier alpha value is -3.34. The second-order valence-electron chi connectivity index (χ2n) is 5.63. The molecule has 0 bridgehead atoms. The summed E-state index contributed by atoms with van der Waals surface area (Å²) in [6.45, 7) is 0.440. The molecule has 0 aliphatic heterocycles. The molecule has 5 nitrogen and oxygen atoms in total. The van der Waals surface area contributed by atoms with Crippen LogP contribution in [0.4, 0.5) is 19.0 Å². The van der Waals surface area contributed by atoms with Crippen LogP contribution in [0.1, 0.15) is 16.8 Å². The minimum Gasteiger partial charge on any atom is -0.351 e. The fraction of sp³-hybridized carbons (Fsp3) is 0.167. The smallest absolute Gasteiger partial charge is 0.351 e. The number of nitriles is 1. The van der Waals surface area contributed by atoms with E-state index in [9.17, 15) is 18.4 Å². The van der Waals surface area contributed by atoms with Gasteiger partial charge in [0.1, 0.15) is 6.07 Å². The average Bonchev–Trinajstić information content (AvgIpc) is 3.06. The molecule has 132 valence electrons. The summed E-state index contributed by atoms with van der Waals surface area (Å²) in [5, 5.41) is 17.4. The van der Waals surface area contributed by atoms with Gasteiger partial charge < -0.3 is 4.90 Å². The molecule has 0 N–H and O–H groups in total. The van der Waals surface area contributed by atoms with Gasteiger partial charge in [0, 0.05) is 13.6 Å². The lowest BCUT2D eigenvalue weighted by molar-refractivity contribution is -0.137. The molecule has 3 rings (SSSR count). The molecule has 0 radical (unpaired) electrons. The Bertz CT molecular complexity index is 941. The lowest BCUT2D eigenvalue weighted by atomic mass is 10.2. The maximum Gasteiger partial charge on any atom is 0.418 e. The SMILES string of the molecule is CN(Cc1ccccc1)c1nn(-c2ccccc2C(F)(F)F)nc1C#N. The van der Waals surface area contributed by atoms with Crippen LogP contribution in [0.2, 0.25) is 0 Å².